The lowest BCUT2D eigenvalue weighted by Crippen LogP contribution is -3.20. The van der Waals surface area contributed by atoms with Crippen LogP contribution in [0.3, 0.4) is 0 Å². The van der Waals surface area contributed by atoms with E-state index in [1.165, 1.54) is 4.90 Å². The molecule has 0 aliphatic carbocycles. The highest BCUT2D eigenvalue weighted by Gasteiger charge is 2.48. The van der Waals surface area contributed by atoms with E-state index in [9.17, 15) is 9.59 Å². The van der Waals surface area contributed by atoms with Gasteiger partial charge < -0.3 is 21.3 Å². The van der Waals surface area contributed by atoms with Crippen molar-refractivity contribution in [3.63, 3.8) is 0 Å². The molecule has 1 aromatic heterocycles. The topological polar surface area (TPSA) is 126 Å². The molecule has 5 heterocycles. The fourth-order valence-electron chi connectivity index (χ4n) is 5.19. The van der Waals surface area contributed by atoms with Crippen LogP contribution in [0.15, 0.2) is 6.20 Å². The Labute approximate surface area is 159 Å². The molecule has 4 atom stereocenters. The number of hydrogen-bond acceptors (Lipinski definition) is 4. The Morgan fingerprint density at radius 2 is 2.07 bits per heavy atom. The zero-order valence-electron chi connectivity index (χ0n) is 15.8. The van der Waals surface area contributed by atoms with Gasteiger partial charge in [0.05, 0.1) is 31.7 Å². The summed E-state index contributed by atoms with van der Waals surface area (Å²) in [6, 6.07) is 0.507. The first-order valence-electron chi connectivity index (χ1n) is 10.2. The molecular weight excluding hydrogens is 346 g/mol. The van der Waals surface area contributed by atoms with Crippen molar-refractivity contribution in [2.45, 2.75) is 44.8 Å². The predicted molar refractivity (Wildman–Crippen MR) is 95.8 cm³/mol. The summed E-state index contributed by atoms with van der Waals surface area (Å²) < 4.78 is 1.93. The third-order valence-corrected chi connectivity index (χ3v) is 6.83. The Hall–Kier alpha value is -2.00. The van der Waals surface area contributed by atoms with Crippen LogP contribution in [-0.4, -0.2) is 63.9 Å². The number of carbonyl (C=O) groups is 2. The van der Waals surface area contributed by atoms with Gasteiger partial charge in [0.2, 0.25) is 11.8 Å². The number of quaternary nitrogens is 2. The highest BCUT2D eigenvalue weighted by Crippen LogP contribution is 2.30. The van der Waals surface area contributed by atoms with E-state index in [1.807, 2.05) is 15.8 Å². The molecule has 0 aromatic carbocycles. The summed E-state index contributed by atoms with van der Waals surface area (Å²) in [5.41, 5.74) is 10.2. The number of piperidine rings is 4. The summed E-state index contributed by atoms with van der Waals surface area (Å²) in [5.74, 6) is 0.582. The maximum Gasteiger partial charge on any atom is 0.231 e. The van der Waals surface area contributed by atoms with E-state index in [-0.39, 0.29) is 17.7 Å². The van der Waals surface area contributed by atoms with Gasteiger partial charge in [-0.1, -0.05) is 5.21 Å². The van der Waals surface area contributed by atoms with Crippen LogP contribution in [0.1, 0.15) is 31.4 Å². The highest BCUT2D eigenvalue weighted by molar-refractivity contribution is 5.80. The maximum absolute atomic E-state index is 13.1. The molecular formula is C18H31N7O2+2. The fourth-order valence-corrected chi connectivity index (χ4v) is 5.19. The van der Waals surface area contributed by atoms with Gasteiger partial charge in [-0.2, -0.15) is 0 Å². The molecule has 9 nitrogen and oxygen atoms in total. The summed E-state index contributed by atoms with van der Waals surface area (Å²) in [6.45, 7) is 4.92. The summed E-state index contributed by atoms with van der Waals surface area (Å²) >= 11 is 0. The molecule has 0 saturated carbocycles. The number of primary amides is 1. The number of nitrogens with two attached hydrogens (primary N) is 1. The van der Waals surface area contributed by atoms with Crippen LogP contribution < -0.4 is 16.4 Å². The minimum absolute atomic E-state index is 0.0681. The number of likely N-dealkylation sites (tertiary alicyclic amines) is 1. The van der Waals surface area contributed by atoms with Crippen LogP contribution in [0.5, 0.6) is 0 Å². The summed E-state index contributed by atoms with van der Waals surface area (Å²) in [6.07, 6.45) is 5.60. The quantitative estimate of drug-likeness (QED) is 0.507. The molecule has 4 aliphatic heterocycles. The fraction of sp³-hybridized carbons (Fsp3) is 0.778. The molecule has 1 aromatic rings. The molecule has 4 saturated heterocycles. The lowest BCUT2D eigenvalue weighted by atomic mass is 9.74. The number of hydrogen-bond donors (Lipinski definition) is 3. The highest BCUT2D eigenvalue weighted by atomic mass is 16.2. The van der Waals surface area contributed by atoms with Crippen molar-refractivity contribution in [3.8, 4) is 0 Å². The van der Waals surface area contributed by atoms with Gasteiger partial charge in [0.15, 0.2) is 0 Å². The zero-order chi connectivity index (χ0) is 19.0. The summed E-state index contributed by atoms with van der Waals surface area (Å²) in [7, 11) is 0. The Kier molecular flexibility index (Phi) is 5.14. The molecule has 0 radical (unpaired) electrons. The minimum Gasteiger partial charge on any atom is -0.369 e. The molecule has 2 bridgehead atoms. The van der Waals surface area contributed by atoms with Gasteiger partial charge in [0.25, 0.3) is 0 Å². The first kappa shape index (κ1) is 18.4. The van der Waals surface area contributed by atoms with E-state index in [1.54, 1.807) is 0 Å². The lowest BCUT2D eigenvalue weighted by Gasteiger charge is -2.47. The molecule has 9 heteroatoms. The van der Waals surface area contributed by atoms with Crippen molar-refractivity contribution < 1.29 is 20.2 Å². The Balaban J connectivity index is 1.34. The van der Waals surface area contributed by atoms with Crippen LogP contribution in [-0.2, 0) is 22.7 Å². The Morgan fingerprint density at radius 3 is 2.67 bits per heavy atom. The number of rotatable bonds is 5. The number of nitrogens with zero attached hydrogens (tertiary/aromatic N) is 4. The van der Waals surface area contributed by atoms with Crippen LogP contribution in [0, 0.1) is 17.8 Å². The van der Waals surface area contributed by atoms with Crippen molar-refractivity contribution in [1.82, 2.24) is 19.9 Å². The average Bonchev–Trinajstić information content (AvgIpc) is 3.15. The molecule has 1 unspecified atom stereocenters. The van der Waals surface area contributed by atoms with Crippen LogP contribution in [0.25, 0.3) is 0 Å². The maximum atomic E-state index is 13.1. The third-order valence-electron chi connectivity index (χ3n) is 6.83. The molecule has 27 heavy (non-hydrogen) atoms. The number of amides is 2. The van der Waals surface area contributed by atoms with Gasteiger partial charge in [-0.05, 0) is 18.8 Å². The van der Waals surface area contributed by atoms with E-state index in [0.717, 1.165) is 38.2 Å². The first-order valence-corrected chi connectivity index (χ1v) is 10.2. The second-order valence-electron chi connectivity index (χ2n) is 8.38. The Morgan fingerprint density at radius 1 is 1.30 bits per heavy atom. The molecule has 5 rings (SSSR count). The SMILES string of the molecule is NC(=O)C1CCN(C(=O)[C@H]2C[NH+]3CC[C@H]2C[C@@H]3Cn2cc(C[NH3+])nn2)CC1. The van der Waals surface area contributed by atoms with Gasteiger partial charge in [-0.3, -0.25) is 9.59 Å². The molecule has 6 N–H and O–H groups in total. The molecule has 148 valence electrons. The number of nitrogens with one attached hydrogen (secondary N) is 1. The van der Waals surface area contributed by atoms with Gasteiger partial charge in [0.1, 0.15) is 18.3 Å². The van der Waals surface area contributed by atoms with Gasteiger partial charge in [0, 0.05) is 31.8 Å². The standard InChI is InChI=1S/C18H29N7O2/c19-8-14-9-25(22-21-14)10-15-7-13-3-6-24(15)11-16(13)18(27)23-4-1-12(2-5-23)17(20)26/h9,12-13,15-16H,1-8,10-11,19H2,(H2,20,26)/p+2/t13-,15+,16-/m0/s1. The molecule has 0 spiro atoms. The van der Waals surface area contributed by atoms with Crippen LogP contribution in [0.4, 0.5) is 0 Å². The van der Waals surface area contributed by atoms with Gasteiger partial charge >= 0.3 is 0 Å². The molecule has 4 fully saturated rings. The first-order chi connectivity index (χ1) is 13.0. The van der Waals surface area contributed by atoms with Crippen LogP contribution in [0.2, 0.25) is 0 Å². The smallest absolute Gasteiger partial charge is 0.231 e. The predicted octanol–water partition coefficient (Wildman–Crippen LogP) is -2.96. The molecule has 2 amide bonds. The second kappa shape index (κ2) is 7.55. The molecule has 4 aliphatic rings. The van der Waals surface area contributed by atoms with Gasteiger partial charge in [-0.15, -0.1) is 5.10 Å². The average molecular weight is 377 g/mol. The van der Waals surface area contributed by atoms with Crippen molar-refractivity contribution in [2.24, 2.45) is 23.5 Å². The summed E-state index contributed by atoms with van der Waals surface area (Å²) in [4.78, 5) is 27.9. The Bertz CT molecular complexity index is 698. The van der Waals surface area contributed by atoms with Gasteiger partial charge in [-0.25, -0.2) is 4.68 Å². The zero-order valence-corrected chi connectivity index (χ0v) is 15.8. The minimum atomic E-state index is -0.229. The van der Waals surface area contributed by atoms with E-state index < -0.39 is 0 Å². The summed E-state index contributed by atoms with van der Waals surface area (Å²) in [5, 5.41) is 8.35. The monoisotopic (exact) mass is 377 g/mol. The van der Waals surface area contributed by atoms with Crippen molar-refractivity contribution >= 4 is 11.8 Å². The number of aromatic nitrogens is 3. The lowest BCUT2D eigenvalue weighted by molar-refractivity contribution is -0.945. The third kappa shape index (κ3) is 3.70. The normalized spacial score (nSPS) is 31.2. The van der Waals surface area contributed by atoms with E-state index >= 15 is 0 Å². The van der Waals surface area contributed by atoms with E-state index in [2.05, 4.69) is 16.0 Å². The van der Waals surface area contributed by atoms with Crippen LogP contribution >= 0.6 is 0 Å². The largest absolute Gasteiger partial charge is 0.369 e. The number of carbonyl (C=O) groups excluding carboxylic acids is 2. The van der Waals surface area contributed by atoms with E-state index in [4.69, 9.17) is 5.73 Å². The number of fused-ring (bicyclic) bond motifs is 3. The van der Waals surface area contributed by atoms with Crippen molar-refractivity contribution in [3.05, 3.63) is 11.9 Å². The van der Waals surface area contributed by atoms with Crippen molar-refractivity contribution in [2.75, 3.05) is 26.2 Å². The second-order valence-corrected chi connectivity index (χ2v) is 8.38. The van der Waals surface area contributed by atoms with Crippen molar-refractivity contribution in [1.29, 1.82) is 0 Å². The van der Waals surface area contributed by atoms with E-state index in [0.29, 0.717) is 50.3 Å².